The van der Waals surface area contributed by atoms with Crippen molar-refractivity contribution in [2.45, 2.75) is 13.5 Å². The molecule has 19 heavy (non-hydrogen) atoms. The highest BCUT2D eigenvalue weighted by Crippen LogP contribution is 2.21. The number of aromatic carboxylic acids is 1. The van der Waals surface area contributed by atoms with E-state index in [1.165, 1.54) is 6.07 Å². The van der Waals surface area contributed by atoms with E-state index in [-0.39, 0.29) is 12.2 Å². The molecule has 0 fully saturated rings. The number of nitrogens with one attached hydrogen (secondary N) is 1. The fourth-order valence-electron chi connectivity index (χ4n) is 1.61. The number of aryl methyl sites for hydroxylation is 1. The molecule has 1 aromatic heterocycles. The van der Waals surface area contributed by atoms with E-state index in [0.717, 1.165) is 6.07 Å². The molecular formula is C13H11F2NO3. The molecule has 100 valence electrons. The number of furan rings is 1. The monoisotopic (exact) mass is 267 g/mol. The van der Waals surface area contributed by atoms with Crippen LogP contribution in [0.3, 0.4) is 0 Å². The lowest BCUT2D eigenvalue weighted by atomic mass is 10.2. The van der Waals surface area contributed by atoms with Crippen molar-refractivity contribution in [3.05, 3.63) is 53.0 Å². The van der Waals surface area contributed by atoms with E-state index >= 15 is 0 Å². The van der Waals surface area contributed by atoms with E-state index in [2.05, 4.69) is 5.32 Å². The minimum absolute atomic E-state index is 0.114. The summed E-state index contributed by atoms with van der Waals surface area (Å²) < 4.78 is 32.3. The van der Waals surface area contributed by atoms with Crippen LogP contribution in [-0.2, 0) is 6.54 Å². The van der Waals surface area contributed by atoms with Gasteiger partial charge in [0.1, 0.15) is 11.5 Å². The van der Waals surface area contributed by atoms with Gasteiger partial charge in [0.25, 0.3) is 0 Å². The van der Waals surface area contributed by atoms with Crippen LogP contribution in [-0.4, -0.2) is 11.1 Å². The van der Waals surface area contributed by atoms with Crippen molar-refractivity contribution in [3.63, 3.8) is 0 Å². The summed E-state index contributed by atoms with van der Waals surface area (Å²) in [5.41, 5.74) is -0.812. The standard InChI is InChI=1S/C13H11F2NO3/c1-7-2-3-8(19-7)6-16-10-5-4-9(13(17)18)11(14)12(10)15/h2-5,16H,6H2,1H3,(H,17,18). The van der Waals surface area contributed by atoms with E-state index in [1.807, 2.05) is 0 Å². The number of hydrogen-bond acceptors (Lipinski definition) is 3. The quantitative estimate of drug-likeness (QED) is 0.893. The summed E-state index contributed by atoms with van der Waals surface area (Å²) in [4.78, 5) is 10.6. The second kappa shape index (κ2) is 5.09. The third kappa shape index (κ3) is 2.73. The van der Waals surface area contributed by atoms with Gasteiger partial charge in [-0.15, -0.1) is 0 Å². The molecule has 1 aromatic carbocycles. The van der Waals surface area contributed by atoms with Gasteiger partial charge < -0.3 is 14.8 Å². The second-order valence-corrected chi connectivity index (χ2v) is 3.96. The Balaban J connectivity index is 2.17. The highest BCUT2D eigenvalue weighted by molar-refractivity contribution is 5.88. The van der Waals surface area contributed by atoms with Crippen molar-refractivity contribution >= 4 is 11.7 Å². The van der Waals surface area contributed by atoms with Crippen LogP contribution in [0, 0.1) is 18.6 Å². The lowest BCUT2D eigenvalue weighted by Crippen LogP contribution is -2.07. The van der Waals surface area contributed by atoms with Gasteiger partial charge in [0.05, 0.1) is 17.8 Å². The van der Waals surface area contributed by atoms with Gasteiger partial charge in [-0.1, -0.05) is 0 Å². The van der Waals surface area contributed by atoms with Crippen molar-refractivity contribution in [1.82, 2.24) is 0 Å². The normalized spacial score (nSPS) is 10.5. The van der Waals surface area contributed by atoms with E-state index in [9.17, 15) is 13.6 Å². The van der Waals surface area contributed by atoms with Crippen molar-refractivity contribution in [3.8, 4) is 0 Å². The van der Waals surface area contributed by atoms with Gasteiger partial charge in [0.2, 0.25) is 0 Å². The molecule has 0 saturated heterocycles. The zero-order valence-electron chi connectivity index (χ0n) is 10.0. The molecule has 2 N–H and O–H groups in total. The zero-order chi connectivity index (χ0) is 14.0. The lowest BCUT2D eigenvalue weighted by molar-refractivity contribution is 0.0690. The van der Waals surface area contributed by atoms with Crippen LogP contribution < -0.4 is 5.32 Å². The summed E-state index contributed by atoms with van der Waals surface area (Å²) in [6.07, 6.45) is 0. The zero-order valence-corrected chi connectivity index (χ0v) is 10.0. The molecule has 0 aliphatic rings. The Kier molecular flexibility index (Phi) is 3.50. The molecule has 2 aromatic rings. The Morgan fingerprint density at radius 2 is 2.00 bits per heavy atom. The molecule has 6 heteroatoms. The first-order valence-corrected chi connectivity index (χ1v) is 5.49. The van der Waals surface area contributed by atoms with Crippen LogP contribution in [0.25, 0.3) is 0 Å². The lowest BCUT2D eigenvalue weighted by Gasteiger charge is -2.08. The van der Waals surface area contributed by atoms with Crippen LogP contribution in [0.15, 0.2) is 28.7 Å². The van der Waals surface area contributed by atoms with E-state index < -0.39 is 23.2 Å². The maximum atomic E-state index is 13.6. The van der Waals surface area contributed by atoms with Crippen LogP contribution in [0.2, 0.25) is 0 Å². The van der Waals surface area contributed by atoms with Gasteiger partial charge in [-0.2, -0.15) is 0 Å². The third-order valence-electron chi connectivity index (χ3n) is 2.56. The molecule has 0 atom stereocenters. The Labute approximate surface area is 107 Å². The number of carboxylic acids is 1. The summed E-state index contributed by atoms with van der Waals surface area (Å²) in [7, 11) is 0. The first-order valence-electron chi connectivity index (χ1n) is 5.49. The van der Waals surface area contributed by atoms with Crippen LogP contribution >= 0.6 is 0 Å². The Morgan fingerprint density at radius 3 is 2.58 bits per heavy atom. The van der Waals surface area contributed by atoms with E-state index in [4.69, 9.17) is 9.52 Å². The molecule has 0 aliphatic carbocycles. The molecule has 1 heterocycles. The Bertz CT molecular complexity index is 622. The number of hydrogen-bond donors (Lipinski definition) is 2. The number of carboxylic acid groups (broad SMARTS) is 1. The molecule has 0 spiro atoms. The summed E-state index contributed by atoms with van der Waals surface area (Å²) >= 11 is 0. The maximum Gasteiger partial charge on any atom is 0.338 e. The Morgan fingerprint density at radius 1 is 1.26 bits per heavy atom. The van der Waals surface area contributed by atoms with Crippen molar-refractivity contribution in [2.24, 2.45) is 0 Å². The first-order chi connectivity index (χ1) is 8.99. The van der Waals surface area contributed by atoms with Gasteiger partial charge in [-0.25, -0.2) is 13.6 Å². The molecule has 0 amide bonds. The van der Waals surface area contributed by atoms with Crippen LogP contribution in [0.4, 0.5) is 14.5 Å². The largest absolute Gasteiger partial charge is 0.478 e. The molecule has 0 bridgehead atoms. The van der Waals surface area contributed by atoms with Gasteiger partial charge in [0.15, 0.2) is 11.6 Å². The average Bonchev–Trinajstić information content (AvgIpc) is 2.76. The van der Waals surface area contributed by atoms with Crippen LogP contribution in [0.1, 0.15) is 21.9 Å². The van der Waals surface area contributed by atoms with Crippen molar-refractivity contribution in [2.75, 3.05) is 5.32 Å². The fraction of sp³-hybridized carbons (Fsp3) is 0.154. The smallest absolute Gasteiger partial charge is 0.338 e. The first kappa shape index (κ1) is 13.1. The molecule has 2 rings (SSSR count). The van der Waals surface area contributed by atoms with Crippen LogP contribution in [0.5, 0.6) is 0 Å². The third-order valence-corrected chi connectivity index (χ3v) is 2.56. The molecule has 0 aliphatic heterocycles. The number of rotatable bonds is 4. The summed E-state index contributed by atoms with van der Waals surface area (Å²) in [6.45, 7) is 1.95. The molecular weight excluding hydrogens is 256 g/mol. The summed E-state index contributed by atoms with van der Waals surface area (Å²) in [5, 5.41) is 11.3. The maximum absolute atomic E-state index is 13.6. The molecule has 0 radical (unpaired) electrons. The van der Waals surface area contributed by atoms with E-state index in [0.29, 0.717) is 11.5 Å². The van der Waals surface area contributed by atoms with Crippen molar-refractivity contribution in [1.29, 1.82) is 0 Å². The fourth-order valence-corrected chi connectivity index (χ4v) is 1.61. The minimum atomic E-state index is -1.51. The number of anilines is 1. The summed E-state index contributed by atoms with van der Waals surface area (Å²) in [5.74, 6) is -2.83. The van der Waals surface area contributed by atoms with Crippen molar-refractivity contribution < 1.29 is 23.1 Å². The number of benzene rings is 1. The second-order valence-electron chi connectivity index (χ2n) is 3.96. The summed E-state index contributed by atoms with van der Waals surface area (Å²) in [6, 6.07) is 5.65. The minimum Gasteiger partial charge on any atom is -0.478 e. The average molecular weight is 267 g/mol. The highest BCUT2D eigenvalue weighted by atomic mass is 19.2. The van der Waals surface area contributed by atoms with Gasteiger partial charge >= 0.3 is 5.97 Å². The predicted octanol–water partition coefficient (Wildman–Crippen LogP) is 3.18. The SMILES string of the molecule is Cc1ccc(CNc2ccc(C(=O)O)c(F)c2F)o1. The van der Waals surface area contributed by atoms with Gasteiger partial charge in [-0.3, -0.25) is 0 Å². The topological polar surface area (TPSA) is 62.5 Å². The van der Waals surface area contributed by atoms with Gasteiger partial charge in [-0.05, 0) is 31.2 Å². The van der Waals surface area contributed by atoms with Gasteiger partial charge in [0, 0.05) is 0 Å². The Hall–Kier alpha value is -2.37. The van der Waals surface area contributed by atoms with E-state index in [1.54, 1.807) is 19.1 Å². The molecule has 0 saturated carbocycles. The number of carbonyl (C=O) groups is 1. The molecule has 0 unspecified atom stereocenters. The highest BCUT2D eigenvalue weighted by Gasteiger charge is 2.17. The predicted molar refractivity (Wildman–Crippen MR) is 64.1 cm³/mol. The molecule has 4 nitrogen and oxygen atoms in total. The number of halogens is 2.